The Labute approximate surface area is 100 Å². The number of rotatable bonds is 3. The number of carbonyl (C=O) groups excluding carboxylic acids is 1. The number of hydrogen-bond donors (Lipinski definition) is 2. The summed E-state index contributed by atoms with van der Waals surface area (Å²) >= 11 is 0. The van der Waals surface area contributed by atoms with Crippen molar-refractivity contribution < 1.29 is 4.79 Å². The molecule has 2 N–H and O–H groups in total. The average molecular weight is 232 g/mol. The highest BCUT2D eigenvalue weighted by molar-refractivity contribution is 5.86. The van der Waals surface area contributed by atoms with Gasteiger partial charge in [-0.2, -0.15) is 10.4 Å². The Morgan fingerprint density at radius 2 is 2.47 bits per heavy atom. The molecule has 5 nitrogen and oxygen atoms in total. The predicted octanol–water partition coefficient (Wildman–Crippen LogP) is 1.53. The van der Waals surface area contributed by atoms with Crippen LogP contribution >= 0.6 is 0 Å². The zero-order chi connectivity index (χ0) is 12.5. The molecule has 90 valence electrons. The molecule has 1 amide bonds. The van der Waals surface area contributed by atoms with Gasteiger partial charge in [0.05, 0.1) is 18.3 Å². The summed E-state index contributed by atoms with van der Waals surface area (Å²) < 4.78 is 0. The lowest BCUT2D eigenvalue weighted by Gasteiger charge is -2.39. The highest BCUT2D eigenvalue weighted by Crippen LogP contribution is 2.45. The molecular formula is C12H16N4O. The van der Waals surface area contributed by atoms with Crippen molar-refractivity contribution in [3.05, 3.63) is 18.0 Å². The van der Waals surface area contributed by atoms with Crippen LogP contribution in [0.1, 0.15) is 38.3 Å². The van der Waals surface area contributed by atoms with Gasteiger partial charge < -0.3 is 5.32 Å². The van der Waals surface area contributed by atoms with Gasteiger partial charge >= 0.3 is 0 Å². The van der Waals surface area contributed by atoms with E-state index in [0.717, 1.165) is 5.56 Å². The monoisotopic (exact) mass is 232 g/mol. The molecule has 1 aromatic rings. The minimum absolute atomic E-state index is 0.123. The molecule has 0 aliphatic heterocycles. The van der Waals surface area contributed by atoms with Gasteiger partial charge in [0.15, 0.2) is 0 Å². The number of H-pyrrole nitrogens is 1. The van der Waals surface area contributed by atoms with Crippen LogP contribution in [0.3, 0.4) is 0 Å². The highest BCUT2D eigenvalue weighted by Gasteiger charge is 2.49. The largest absolute Gasteiger partial charge is 0.348 e. The Morgan fingerprint density at radius 1 is 1.76 bits per heavy atom. The summed E-state index contributed by atoms with van der Waals surface area (Å²) in [6.07, 6.45) is 4.74. The molecule has 2 rings (SSSR count). The fraction of sp³-hybridized carbons (Fsp3) is 0.583. The molecule has 5 heteroatoms. The van der Waals surface area contributed by atoms with Gasteiger partial charge in [0.1, 0.15) is 5.41 Å². The smallest absolute Gasteiger partial charge is 0.240 e. The number of nitrogens with zero attached hydrogens (tertiary/aromatic N) is 2. The first kappa shape index (κ1) is 11.6. The van der Waals surface area contributed by atoms with E-state index in [2.05, 4.69) is 28.5 Å². The molecule has 0 radical (unpaired) electrons. The Kier molecular flexibility index (Phi) is 2.88. The maximum Gasteiger partial charge on any atom is 0.240 e. The molecule has 1 saturated carbocycles. The van der Waals surface area contributed by atoms with E-state index in [1.165, 1.54) is 0 Å². The summed E-state index contributed by atoms with van der Waals surface area (Å²) in [7, 11) is 0. The first-order valence-corrected chi connectivity index (χ1v) is 5.78. The van der Waals surface area contributed by atoms with E-state index in [1.54, 1.807) is 12.4 Å². The van der Waals surface area contributed by atoms with Crippen molar-refractivity contribution in [2.45, 2.75) is 32.7 Å². The van der Waals surface area contributed by atoms with E-state index in [0.29, 0.717) is 18.8 Å². The minimum Gasteiger partial charge on any atom is -0.348 e. The number of aromatic nitrogens is 2. The van der Waals surface area contributed by atoms with Crippen LogP contribution in [0.4, 0.5) is 0 Å². The number of carbonyl (C=O) groups is 1. The Bertz CT molecular complexity index is 440. The van der Waals surface area contributed by atoms with Crippen molar-refractivity contribution in [1.29, 1.82) is 5.26 Å². The Balaban J connectivity index is 2.00. The van der Waals surface area contributed by atoms with Crippen molar-refractivity contribution >= 4 is 5.91 Å². The molecule has 1 unspecified atom stereocenters. The van der Waals surface area contributed by atoms with Gasteiger partial charge in [0.25, 0.3) is 0 Å². The lowest BCUT2D eigenvalue weighted by Crippen LogP contribution is -2.48. The number of hydrogen-bond acceptors (Lipinski definition) is 3. The molecule has 17 heavy (non-hydrogen) atoms. The van der Waals surface area contributed by atoms with Crippen LogP contribution < -0.4 is 5.32 Å². The fourth-order valence-electron chi connectivity index (χ4n) is 2.37. The summed E-state index contributed by atoms with van der Waals surface area (Å²) in [6.45, 7) is 3.94. The number of nitrogens with one attached hydrogen (secondary N) is 2. The number of aromatic amines is 1. The topological polar surface area (TPSA) is 81.6 Å². The molecule has 0 saturated heterocycles. The lowest BCUT2D eigenvalue weighted by atomic mass is 9.63. The molecular weight excluding hydrogens is 216 g/mol. The lowest BCUT2D eigenvalue weighted by molar-refractivity contribution is -0.134. The molecule has 1 atom stereocenters. The zero-order valence-corrected chi connectivity index (χ0v) is 10.0. The maximum atomic E-state index is 12.1. The summed E-state index contributed by atoms with van der Waals surface area (Å²) in [5.74, 6) is 0.302. The van der Waals surface area contributed by atoms with Crippen LogP contribution in [0, 0.1) is 22.7 Å². The average Bonchev–Trinajstić information content (AvgIpc) is 2.77. The van der Waals surface area contributed by atoms with Crippen molar-refractivity contribution in [3.63, 3.8) is 0 Å². The van der Waals surface area contributed by atoms with Crippen molar-refractivity contribution in [1.82, 2.24) is 15.5 Å². The first-order chi connectivity index (χ1) is 8.07. The minimum atomic E-state index is -0.808. The standard InChI is InChI=1S/C12H16N4O/c1-8-3-12(4-8,7-13)11(17)16-9(2)10-5-14-15-6-10/h5-6,8-9H,3-4H2,1-2H3,(H,14,15)(H,16,17). The maximum absolute atomic E-state index is 12.1. The van der Waals surface area contributed by atoms with Crippen LogP contribution in [0.5, 0.6) is 0 Å². The van der Waals surface area contributed by atoms with E-state index in [9.17, 15) is 4.79 Å². The van der Waals surface area contributed by atoms with Gasteiger partial charge in [0, 0.05) is 11.8 Å². The fourth-order valence-corrected chi connectivity index (χ4v) is 2.37. The van der Waals surface area contributed by atoms with Crippen molar-refractivity contribution in [2.24, 2.45) is 11.3 Å². The second-order valence-corrected chi connectivity index (χ2v) is 4.93. The molecule has 1 aliphatic carbocycles. The molecule has 0 aromatic carbocycles. The van der Waals surface area contributed by atoms with Gasteiger partial charge in [-0.05, 0) is 25.7 Å². The Morgan fingerprint density at radius 3 is 2.94 bits per heavy atom. The van der Waals surface area contributed by atoms with Gasteiger partial charge in [-0.15, -0.1) is 0 Å². The molecule has 1 aliphatic rings. The second kappa shape index (κ2) is 4.21. The third-order valence-electron chi connectivity index (χ3n) is 3.41. The van der Waals surface area contributed by atoms with Crippen LogP contribution in [-0.2, 0) is 4.79 Å². The molecule has 1 aromatic heterocycles. The van der Waals surface area contributed by atoms with Crippen LogP contribution in [0.15, 0.2) is 12.4 Å². The predicted molar refractivity (Wildman–Crippen MR) is 61.6 cm³/mol. The van der Waals surface area contributed by atoms with Crippen LogP contribution in [0.25, 0.3) is 0 Å². The van der Waals surface area contributed by atoms with Crippen molar-refractivity contribution in [2.75, 3.05) is 0 Å². The van der Waals surface area contributed by atoms with Crippen LogP contribution in [-0.4, -0.2) is 16.1 Å². The van der Waals surface area contributed by atoms with E-state index >= 15 is 0 Å². The summed E-state index contributed by atoms with van der Waals surface area (Å²) in [4.78, 5) is 12.1. The molecule has 0 bridgehead atoms. The van der Waals surface area contributed by atoms with Crippen molar-refractivity contribution in [3.8, 4) is 6.07 Å². The first-order valence-electron chi connectivity index (χ1n) is 5.78. The van der Waals surface area contributed by atoms with E-state index < -0.39 is 5.41 Å². The van der Waals surface area contributed by atoms with E-state index in [4.69, 9.17) is 5.26 Å². The van der Waals surface area contributed by atoms with Gasteiger partial charge in [-0.1, -0.05) is 6.92 Å². The van der Waals surface area contributed by atoms with E-state index in [-0.39, 0.29) is 11.9 Å². The number of nitriles is 1. The van der Waals surface area contributed by atoms with Gasteiger partial charge in [-0.25, -0.2) is 0 Å². The molecule has 0 spiro atoms. The zero-order valence-electron chi connectivity index (χ0n) is 10.0. The molecule has 1 fully saturated rings. The molecule has 1 heterocycles. The SMILES string of the molecule is CC1CC(C#N)(C(=O)NC(C)c2cn[nH]c2)C1. The summed E-state index contributed by atoms with van der Waals surface area (Å²) in [6, 6.07) is 2.04. The quantitative estimate of drug-likeness (QED) is 0.829. The Hall–Kier alpha value is -1.83. The highest BCUT2D eigenvalue weighted by atomic mass is 16.2. The van der Waals surface area contributed by atoms with Gasteiger partial charge in [-0.3, -0.25) is 9.89 Å². The van der Waals surface area contributed by atoms with E-state index in [1.807, 2.05) is 6.92 Å². The summed E-state index contributed by atoms with van der Waals surface area (Å²) in [5, 5.41) is 18.6. The second-order valence-electron chi connectivity index (χ2n) is 4.93. The third-order valence-corrected chi connectivity index (χ3v) is 3.41. The normalized spacial score (nSPS) is 28.9. The number of amides is 1. The summed E-state index contributed by atoms with van der Waals surface area (Å²) in [5.41, 5.74) is 0.107. The van der Waals surface area contributed by atoms with Gasteiger partial charge in [0.2, 0.25) is 5.91 Å². The third kappa shape index (κ3) is 2.03. The van der Waals surface area contributed by atoms with Crippen LogP contribution in [0.2, 0.25) is 0 Å².